The van der Waals surface area contributed by atoms with E-state index in [2.05, 4.69) is 0 Å². The molecule has 0 saturated carbocycles. The van der Waals surface area contributed by atoms with Gasteiger partial charge in [0.2, 0.25) is 0 Å². The quantitative estimate of drug-likeness (QED) is 0.620. The third kappa shape index (κ3) is 4.19. The highest BCUT2D eigenvalue weighted by Gasteiger charge is 2.15. The smallest absolute Gasteiger partial charge is 0.198 e. The van der Waals surface area contributed by atoms with Gasteiger partial charge >= 0.3 is 0 Å². The molecule has 6 heteroatoms. The van der Waals surface area contributed by atoms with Crippen molar-refractivity contribution in [2.45, 2.75) is 6.92 Å². The lowest BCUT2D eigenvalue weighted by Gasteiger charge is -2.12. The fourth-order valence-electron chi connectivity index (χ4n) is 0.516. The van der Waals surface area contributed by atoms with Crippen molar-refractivity contribution in [2.24, 2.45) is 5.92 Å². The number of rotatable bonds is 3. The Morgan fingerprint density at radius 1 is 1.73 bits per heavy atom. The molecule has 0 rings (SSSR count). The maximum Gasteiger partial charge on any atom is 0.299 e. The summed E-state index contributed by atoms with van der Waals surface area (Å²) in [7, 11) is 2.65. The highest BCUT2D eigenvalue weighted by molar-refractivity contribution is 8.11. The second-order valence-electron chi connectivity index (χ2n) is 2.25. The Morgan fingerprint density at radius 3 is 2.45 bits per heavy atom. The van der Waals surface area contributed by atoms with Crippen LogP contribution in [0.1, 0.15) is 6.92 Å². The molecule has 0 heterocycles. The summed E-state index contributed by atoms with van der Waals surface area (Å²) >= 11 is 0. The molecule has 0 N–H and O–H groups in total. The molecule has 11 heavy (non-hydrogen) atoms. The Kier molecular flexibility index (Phi) is 3.79. The van der Waals surface area contributed by atoms with Crippen molar-refractivity contribution in [3.8, 4) is 6.07 Å². The van der Waals surface area contributed by atoms with E-state index >= 15 is 0 Å². The molecule has 0 aliphatic rings. The van der Waals surface area contributed by atoms with Gasteiger partial charge in [0.15, 0.2) is 0 Å². The molecule has 0 aromatic rings. The summed E-state index contributed by atoms with van der Waals surface area (Å²) in [6, 6.07) is 1.90. The average molecular weight is 197 g/mol. The molecule has 4 nitrogen and oxygen atoms in total. The molecule has 0 spiro atoms. The van der Waals surface area contributed by atoms with Crippen molar-refractivity contribution >= 4 is 19.9 Å². The SMILES string of the molecule is C[C@H](C#N)CN(C)S(=O)(=O)Cl. The molecule has 0 aliphatic carbocycles. The first-order valence-electron chi connectivity index (χ1n) is 2.93. The molecule has 0 radical (unpaired) electrons. The van der Waals surface area contributed by atoms with Crippen LogP contribution in [0.2, 0.25) is 0 Å². The van der Waals surface area contributed by atoms with Crippen LogP contribution in [0, 0.1) is 17.2 Å². The highest BCUT2D eigenvalue weighted by Crippen LogP contribution is 2.05. The fourth-order valence-corrected chi connectivity index (χ4v) is 1.09. The summed E-state index contributed by atoms with van der Waals surface area (Å²) in [4.78, 5) is 0. The topological polar surface area (TPSA) is 61.2 Å². The predicted octanol–water partition coefficient (Wildman–Crippen LogP) is 0.561. The van der Waals surface area contributed by atoms with Gasteiger partial charge in [-0.2, -0.15) is 18.0 Å². The van der Waals surface area contributed by atoms with Gasteiger partial charge in [-0.15, -0.1) is 0 Å². The number of nitrogens with zero attached hydrogens (tertiary/aromatic N) is 2. The number of hydrogen-bond donors (Lipinski definition) is 0. The van der Waals surface area contributed by atoms with E-state index in [9.17, 15) is 8.42 Å². The Balaban J connectivity index is 4.12. The van der Waals surface area contributed by atoms with Gasteiger partial charge in [0, 0.05) is 24.3 Å². The first-order chi connectivity index (χ1) is 4.88. The van der Waals surface area contributed by atoms with Crippen LogP contribution in [0.25, 0.3) is 0 Å². The van der Waals surface area contributed by atoms with E-state index in [0.29, 0.717) is 0 Å². The molecule has 0 fully saturated rings. The van der Waals surface area contributed by atoms with E-state index in [1.165, 1.54) is 7.05 Å². The third-order valence-electron chi connectivity index (χ3n) is 1.12. The summed E-state index contributed by atoms with van der Waals surface area (Å²) in [5.74, 6) is -0.339. The van der Waals surface area contributed by atoms with Gasteiger partial charge in [-0.05, 0) is 6.92 Å². The Bertz CT molecular complexity index is 256. The Labute approximate surface area is 70.9 Å². The molecule has 0 bridgehead atoms. The minimum absolute atomic E-state index is 0.127. The van der Waals surface area contributed by atoms with Gasteiger partial charge < -0.3 is 0 Å². The average Bonchev–Trinajstić information content (AvgIpc) is 1.85. The summed E-state index contributed by atoms with van der Waals surface area (Å²) in [6.45, 7) is 1.75. The van der Waals surface area contributed by atoms with Gasteiger partial charge in [-0.25, -0.2) is 0 Å². The number of halogens is 1. The fraction of sp³-hybridized carbons (Fsp3) is 0.800. The van der Waals surface area contributed by atoms with E-state index < -0.39 is 9.24 Å². The van der Waals surface area contributed by atoms with Gasteiger partial charge in [-0.1, -0.05) is 0 Å². The van der Waals surface area contributed by atoms with E-state index in [0.717, 1.165) is 4.31 Å². The first kappa shape index (κ1) is 10.7. The van der Waals surface area contributed by atoms with Crippen molar-refractivity contribution in [3.05, 3.63) is 0 Å². The highest BCUT2D eigenvalue weighted by atomic mass is 35.7. The number of nitriles is 1. The normalized spacial score (nSPS) is 14.5. The molecule has 0 aromatic carbocycles. The Morgan fingerprint density at radius 2 is 2.18 bits per heavy atom. The van der Waals surface area contributed by atoms with Gasteiger partial charge in [0.25, 0.3) is 9.24 Å². The number of hydrogen-bond acceptors (Lipinski definition) is 3. The van der Waals surface area contributed by atoms with Crippen molar-refractivity contribution in [1.29, 1.82) is 5.26 Å². The molecule has 64 valence electrons. The minimum Gasteiger partial charge on any atom is -0.198 e. The van der Waals surface area contributed by atoms with Crippen molar-refractivity contribution in [1.82, 2.24) is 4.31 Å². The predicted molar refractivity (Wildman–Crippen MR) is 42.2 cm³/mol. The van der Waals surface area contributed by atoms with E-state index in [-0.39, 0.29) is 12.5 Å². The summed E-state index contributed by atoms with van der Waals surface area (Å²) in [6.07, 6.45) is 0. The maximum atomic E-state index is 10.6. The molecular weight excluding hydrogens is 188 g/mol. The second kappa shape index (κ2) is 3.90. The third-order valence-corrected chi connectivity index (χ3v) is 2.72. The van der Waals surface area contributed by atoms with Gasteiger partial charge in [-0.3, -0.25) is 0 Å². The summed E-state index contributed by atoms with van der Waals surface area (Å²) in [5, 5.41) is 8.33. The lowest BCUT2D eigenvalue weighted by molar-refractivity contribution is 0.450. The molecule has 0 unspecified atom stereocenters. The first-order valence-corrected chi connectivity index (χ1v) is 5.20. The zero-order valence-corrected chi connectivity index (χ0v) is 7.85. The molecule has 0 aliphatic heterocycles. The van der Waals surface area contributed by atoms with Crippen LogP contribution < -0.4 is 0 Å². The van der Waals surface area contributed by atoms with Crippen molar-refractivity contribution in [2.75, 3.05) is 13.6 Å². The largest absolute Gasteiger partial charge is 0.299 e. The maximum absolute atomic E-state index is 10.6. The van der Waals surface area contributed by atoms with Crippen molar-refractivity contribution < 1.29 is 8.42 Å². The molecule has 0 saturated heterocycles. The minimum atomic E-state index is -3.65. The van der Waals surface area contributed by atoms with Crippen LogP contribution in [-0.2, 0) is 9.24 Å². The lowest BCUT2D eigenvalue weighted by atomic mass is 10.2. The van der Waals surface area contributed by atoms with Crippen LogP contribution in [-0.4, -0.2) is 26.3 Å². The van der Waals surface area contributed by atoms with Gasteiger partial charge in [0.05, 0.1) is 12.0 Å². The van der Waals surface area contributed by atoms with E-state index in [1.807, 2.05) is 6.07 Å². The zero-order valence-electron chi connectivity index (χ0n) is 6.28. The van der Waals surface area contributed by atoms with Crippen LogP contribution in [0.3, 0.4) is 0 Å². The lowest BCUT2D eigenvalue weighted by Crippen LogP contribution is -2.26. The standard InChI is InChI=1S/C5H9ClN2O2S/c1-5(3-7)4-8(2)11(6,9)10/h5H,4H2,1-2H3/t5-/m1/s1. The molecular formula is C5H9ClN2O2S. The summed E-state index contributed by atoms with van der Waals surface area (Å²) < 4.78 is 22.1. The zero-order chi connectivity index (χ0) is 9.07. The second-order valence-corrected chi connectivity index (χ2v) is 4.87. The molecule has 0 amide bonds. The Hall–Kier alpha value is -0.310. The summed E-state index contributed by atoms with van der Waals surface area (Å²) in [5.41, 5.74) is 0. The molecule has 1 atom stereocenters. The van der Waals surface area contributed by atoms with E-state index in [1.54, 1.807) is 6.92 Å². The van der Waals surface area contributed by atoms with Crippen LogP contribution in [0.15, 0.2) is 0 Å². The van der Waals surface area contributed by atoms with Crippen LogP contribution >= 0.6 is 10.7 Å². The van der Waals surface area contributed by atoms with Crippen molar-refractivity contribution in [3.63, 3.8) is 0 Å². The molecule has 0 aromatic heterocycles. The van der Waals surface area contributed by atoms with Gasteiger partial charge in [0.1, 0.15) is 0 Å². The monoisotopic (exact) mass is 196 g/mol. The van der Waals surface area contributed by atoms with E-state index in [4.69, 9.17) is 15.9 Å². The van der Waals surface area contributed by atoms with Crippen LogP contribution in [0.4, 0.5) is 0 Å². The van der Waals surface area contributed by atoms with Crippen LogP contribution in [0.5, 0.6) is 0 Å².